The molecular weight excluding hydrogens is 600 g/mol. The lowest BCUT2D eigenvalue weighted by Gasteiger charge is -2.21. The van der Waals surface area contributed by atoms with E-state index >= 15 is 0 Å². The van der Waals surface area contributed by atoms with Crippen molar-refractivity contribution >= 4 is 39.3 Å². The fourth-order valence-corrected chi connectivity index (χ4v) is 5.58. The van der Waals surface area contributed by atoms with Gasteiger partial charge in [0.15, 0.2) is 0 Å². The van der Waals surface area contributed by atoms with Crippen LogP contribution in [0.3, 0.4) is 0 Å². The molecule has 0 aliphatic rings. The van der Waals surface area contributed by atoms with E-state index in [1.165, 1.54) is 44.6 Å². The van der Waals surface area contributed by atoms with Crippen molar-refractivity contribution < 1.29 is 37.7 Å². The minimum atomic E-state index is -3.96. The molecule has 0 aliphatic heterocycles. The first kappa shape index (κ1) is 32.8. The van der Waals surface area contributed by atoms with Crippen LogP contribution in [-0.4, -0.2) is 58.1 Å². The third-order valence-corrected chi connectivity index (χ3v) is 8.26. The molecule has 236 valence electrons. The third kappa shape index (κ3) is 8.95. The molecule has 0 spiro atoms. The summed E-state index contributed by atoms with van der Waals surface area (Å²) < 4.78 is 37.2. The summed E-state index contributed by atoms with van der Waals surface area (Å²) in [6.07, 6.45) is -2.22. The number of hydrogen-bond donors (Lipinski definition) is 6. The van der Waals surface area contributed by atoms with Gasteiger partial charge >= 0.3 is 12.2 Å². The zero-order valence-corrected chi connectivity index (χ0v) is 25.4. The number of rotatable bonds is 12. The van der Waals surface area contributed by atoms with E-state index in [9.17, 15) is 28.2 Å². The molecule has 0 radical (unpaired) electrons. The smallest absolute Gasteiger partial charge is 0.411 e. The Labute approximate surface area is 261 Å². The highest BCUT2D eigenvalue weighted by molar-refractivity contribution is 7.92. The van der Waals surface area contributed by atoms with Crippen LogP contribution in [0.5, 0.6) is 5.75 Å². The molecule has 12 nitrogen and oxygen atoms in total. The van der Waals surface area contributed by atoms with Crippen molar-refractivity contribution in [2.24, 2.45) is 0 Å². The van der Waals surface area contributed by atoms with Gasteiger partial charge in [0.25, 0.3) is 10.0 Å². The van der Waals surface area contributed by atoms with E-state index in [-0.39, 0.29) is 28.8 Å². The topological polar surface area (TPSA) is 175 Å². The van der Waals surface area contributed by atoms with E-state index < -0.39 is 28.3 Å². The van der Waals surface area contributed by atoms with Gasteiger partial charge in [-0.3, -0.25) is 15.4 Å². The van der Waals surface area contributed by atoms with Crippen LogP contribution in [0.4, 0.5) is 26.7 Å². The lowest BCUT2D eigenvalue weighted by Crippen LogP contribution is -2.27. The number of benzene rings is 4. The second-order valence-corrected chi connectivity index (χ2v) is 11.6. The number of aliphatic hydroxyl groups is 1. The van der Waals surface area contributed by atoms with Gasteiger partial charge in [0.2, 0.25) is 0 Å². The number of phenols is 1. The van der Waals surface area contributed by atoms with Crippen LogP contribution in [0.1, 0.15) is 28.7 Å². The number of carbonyl (C=O) groups excluding carboxylic acids is 2. The van der Waals surface area contributed by atoms with Gasteiger partial charge in [0.05, 0.1) is 30.9 Å². The number of hydrogen-bond acceptors (Lipinski definition) is 9. The molecule has 0 saturated heterocycles. The van der Waals surface area contributed by atoms with Gasteiger partial charge in [0, 0.05) is 30.4 Å². The van der Waals surface area contributed by atoms with E-state index in [4.69, 9.17) is 0 Å². The van der Waals surface area contributed by atoms with E-state index in [1.54, 1.807) is 42.5 Å². The van der Waals surface area contributed by atoms with Gasteiger partial charge in [0.1, 0.15) is 5.75 Å². The van der Waals surface area contributed by atoms with Gasteiger partial charge in [-0.1, -0.05) is 48.5 Å². The van der Waals surface area contributed by atoms with E-state index in [0.717, 1.165) is 11.1 Å². The number of ether oxygens (including phenoxy) is 2. The molecule has 2 amide bonds. The molecule has 4 rings (SSSR count). The summed E-state index contributed by atoms with van der Waals surface area (Å²) in [5.74, 6) is -0.488. The number of phenolic OH excluding ortho intramolecular Hbond substituents is 1. The van der Waals surface area contributed by atoms with Gasteiger partial charge in [-0.15, -0.1) is 0 Å². The highest BCUT2D eigenvalue weighted by Crippen LogP contribution is 2.30. The molecule has 13 heteroatoms. The lowest BCUT2D eigenvalue weighted by molar-refractivity contribution is 0.174. The number of sulfonamides is 1. The number of methoxy groups -OCH3 is 2. The van der Waals surface area contributed by atoms with E-state index in [0.29, 0.717) is 23.5 Å². The SMILES string of the molecule is COC(=O)Nc1ccc(C(CNC[C@H](O)c2ccc(O)c(NS(=O)(=O)c3ccccc3)c2)c2ccc(NC(=O)OC)cc2)cc1. The second-order valence-electron chi connectivity index (χ2n) is 9.90. The lowest BCUT2D eigenvalue weighted by atomic mass is 9.90. The Morgan fingerprint density at radius 2 is 1.24 bits per heavy atom. The highest BCUT2D eigenvalue weighted by Gasteiger charge is 2.19. The monoisotopic (exact) mass is 634 g/mol. The summed E-state index contributed by atoms with van der Waals surface area (Å²) in [5, 5.41) is 29.8. The number of nitrogens with one attached hydrogen (secondary N) is 4. The first-order valence-electron chi connectivity index (χ1n) is 13.8. The molecule has 4 aromatic rings. The maximum atomic E-state index is 12.8. The van der Waals surface area contributed by atoms with Crippen molar-refractivity contribution in [1.29, 1.82) is 0 Å². The summed E-state index contributed by atoms with van der Waals surface area (Å²) in [6.45, 7) is 0.492. The zero-order valence-electron chi connectivity index (χ0n) is 24.6. The second kappa shape index (κ2) is 15.1. The van der Waals surface area contributed by atoms with Crippen molar-refractivity contribution in [3.05, 3.63) is 114 Å². The predicted octanol–water partition coefficient (Wildman–Crippen LogP) is 5.00. The van der Waals surface area contributed by atoms with Crippen LogP contribution in [0.25, 0.3) is 0 Å². The van der Waals surface area contributed by atoms with Gasteiger partial charge in [-0.05, 0) is 65.2 Å². The molecule has 4 aromatic carbocycles. The highest BCUT2D eigenvalue weighted by atomic mass is 32.2. The van der Waals surface area contributed by atoms with Crippen molar-refractivity contribution in [3.8, 4) is 5.75 Å². The molecule has 0 saturated carbocycles. The van der Waals surface area contributed by atoms with Crippen LogP contribution < -0.4 is 20.7 Å². The van der Waals surface area contributed by atoms with Crippen LogP contribution in [0.15, 0.2) is 102 Å². The molecule has 0 aliphatic carbocycles. The Hall–Kier alpha value is -5.11. The third-order valence-electron chi connectivity index (χ3n) is 6.88. The molecule has 0 bridgehead atoms. The van der Waals surface area contributed by atoms with Crippen molar-refractivity contribution in [1.82, 2.24) is 5.32 Å². The molecular formula is C32H34N4O8S. The molecule has 0 aromatic heterocycles. The molecule has 0 unspecified atom stereocenters. The largest absolute Gasteiger partial charge is 0.506 e. The quantitative estimate of drug-likeness (QED) is 0.117. The van der Waals surface area contributed by atoms with Crippen molar-refractivity contribution in [3.63, 3.8) is 0 Å². The predicted molar refractivity (Wildman–Crippen MR) is 170 cm³/mol. The fourth-order valence-electron chi connectivity index (χ4n) is 4.49. The van der Waals surface area contributed by atoms with Crippen LogP contribution in [-0.2, 0) is 19.5 Å². The van der Waals surface area contributed by atoms with Crippen LogP contribution in [0, 0.1) is 0 Å². The minimum Gasteiger partial charge on any atom is -0.506 e. The van der Waals surface area contributed by atoms with Crippen LogP contribution >= 0.6 is 0 Å². The number of aromatic hydroxyl groups is 1. The van der Waals surface area contributed by atoms with Gasteiger partial charge in [-0.25, -0.2) is 18.0 Å². The molecule has 0 fully saturated rings. The summed E-state index contributed by atoms with van der Waals surface area (Å²) in [5.41, 5.74) is 3.24. The summed E-state index contributed by atoms with van der Waals surface area (Å²) in [4.78, 5) is 23.2. The summed E-state index contributed by atoms with van der Waals surface area (Å²) in [6, 6.07) is 26.4. The first-order chi connectivity index (χ1) is 21.6. The molecule has 45 heavy (non-hydrogen) atoms. The van der Waals surface area contributed by atoms with Crippen molar-refractivity contribution in [2.45, 2.75) is 16.9 Å². The van der Waals surface area contributed by atoms with E-state index in [1.807, 2.05) is 24.3 Å². The maximum absolute atomic E-state index is 12.8. The first-order valence-corrected chi connectivity index (χ1v) is 15.3. The average Bonchev–Trinajstić information content (AvgIpc) is 3.05. The van der Waals surface area contributed by atoms with Crippen molar-refractivity contribution in [2.75, 3.05) is 42.7 Å². The normalized spacial score (nSPS) is 11.8. The Morgan fingerprint density at radius 1 is 0.733 bits per heavy atom. The standard InChI is InChI=1S/C32H34N4O8S/c1-43-31(39)34-24-13-8-21(9-14-24)27(22-10-15-25(16-11-22)35-32(40)44-2)19-33-20-30(38)23-12-17-29(37)28(18-23)36-45(41,42)26-6-4-3-5-7-26/h3-18,27,30,33,36-38H,19-20H2,1-2H3,(H,34,39)(H,35,40)/t30-/m0/s1. The zero-order chi connectivity index (χ0) is 32.4. The Bertz CT molecular complexity index is 1640. The number of aliphatic hydroxyl groups excluding tert-OH is 1. The maximum Gasteiger partial charge on any atom is 0.411 e. The Morgan fingerprint density at radius 3 is 1.76 bits per heavy atom. The molecule has 6 N–H and O–H groups in total. The average molecular weight is 635 g/mol. The van der Waals surface area contributed by atoms with Gasteiger partial charge in [-0.2, -0.15) is 0 Å². The minimum absolute atomic E-state index is 0.0336. The van der Waals surface area contributed by atoms with Gasteiger partial charge < -0.3 is 25.0 Å². The number of anilines is 3. The van der Waals surface area contributed by atoms with Crippen LogP contribution in [0.2, 0.25) is 0 Å². The summed E-state index contributed by atoms with van der Waals surface area (Å²) >= 11 is 0. The number of amides is 2. The Kier molecular flexibility index (Phi) is 11.0. The van der Waals surface area contributed by atoms with E-state index in [2.05, 4.69) is 30.1 Å². The molecule has 0 heterocycles. The fraction of sp³-hybridized carbons (Fsp3) is 0.188. The Balaban J connectivity index is 1.49. The number of carbonyl (C=O) groups is 2. The molecule has 1 atom stereocenters. The summed E-state index contributed by atoms with van der Waals surface area (Å²) in [7, 11) is -1.40.